The predicted molar refractivity (Wildman–Crippen MR) is 169 cm³/mol. The zero-order valence-corrected chi connectivity index (χ0v) is 26.8. The van der Waals surface area contributed by atoms with E-state index in [-0.39, 0.29) is 41.7 Å². The average molecular weight is 656 g/mol. The largest absolute Gasteiger partial charge is 1.00 e. The number of carboxylic acid groups (broad SMARTS) is 1. The number of anilines is 2. The van der Waals surface area contributed by atoms with Crippen LogP contribution in [0, 0.1) is 11.2 Å². The van der Waals surface area contributed by atoms with E-state index in [9.17, 15) is 23.9 Å². The van der Waals surface area contributed by atoms with Crippen molar-refractivity contribution in [2.45, 2.75) is 44.9 Å². The van der Waals surface area contributed by atoms with Gasteiger partial charge in [-0.15, -0.1) is 0 Å². The molecule has 1 heterocycles. The molecule has 13 heteroatoms. The van der Waals surface area contributed by atoms with Gasteiger partial charge in [-0.05, 0) is 80.6 Å². The van der Waals surface area contributed by atoms with Gasteiger partial charge in [0.15, 0.2) is 11.5 Å². The number of carbonyl (C=O) groups excluding carboxylic acids is 3. The van der Waals surface area contributed by atoms with Crippen LogP contribution in [0.15, 0.2) is 66.9 Å². The van der Waals surface area contributed by atoms with Crippen LogP contribution in [-0.2, 0) is 14.4 Å². The van der Waals surface area contributed by atoms with Crippen molar-refractivity contribution in [2.75, 3.05) is 24.4 Å². The van der Waals surface area contributed by atoms with Crippen molar-refractivity contribution >= 4 is 51.7 Å². The zero-order chi connectivity index (χ0) is 32.7. The number of fused-ring (bicyclic) bond motifs is 1. The number of carboxylic acids is 1. The summed E-state index contributed by atoms with van der Waals surface area (Å²) >= 11 is 6.68. The number of pyridine rings is 1. The number of ether oxygens (including phenoxy) is 3. The van der Waals surface area contributed by atoms with Crippen LogP contribution in [0.2, 0.25) is 5.02 Å². The maximum absolute atomic E-state index is 13.3. The van der Waals surface area contributed by atoms with Crippen molar-refractivity contribution in [3.63, 3.8) is 0 Å². The molecule has 0 aliphatic heterocycles. The molecule has 240 valence electrons. The molecular weight excluding hydrogens is 624 g/mol. The summed E-state index contributed by atoms with van der Waals surface area (Å²) in [5.74, 6) is -0.763. The van der Waals surface area contributed by atoms with E-state index in [1.165, 1.54) is 31.4 Å². The number of carbonyl (C=O) groups is 3. The summed E-state index contributed by atoms with van der Waals surface area (Å²) in [6.45, 7) is 0.423. The van der Waals surface area contributed by atoms with Gasteiger partial charge in [0.1, 0.15) is 27.8 Å². The monoisotopic (exact) mass is 655 g/mol. The fourth-order valence-electron chi connectivity index (χ4n) is 4.91. The number of amides is 2. The summed E-state index contributed by atoms with van der Waals surface area (Å²) in [6.07, 6.45) is 5.28. The van der Waals surface area contributed by atoms with E-state index in [1.54, 1.807) is 42.6 Å². The van der Waals surface area contributed by atoms with E-state index >= 15 is 0 Å². The molecule has 5 rings (SSSR count). The van der Waals surface area contributed by atoms with Gasteiger partial charge < -0.3 is 34.7 Å². The van der Waals surface area contributed by atoms with Gasteiger partial charge in [0, 0.05) is 29.3 Å². The Hall–Kier alpha value is -4.30. The summed E-state index contributed by atoms with van der Waals surface area (Å²) < 4.78 is 31.0. The fourth-order valence-corrected chi connectivity index (χ4v) is 5.12. The van der Waals surface area contributed by atoms with Crippen molar-refractivity contribution in [3.05, 3.63) is 77.7 Å². The first-order valence-electron chi connectivity index (χ1n) is 14.8. The van der Waals surface area contributed by atoms with Crippen LogP contribution < -0.4 is 48.8 Å². The molecule has 2 N–H and O–H groups in total. The van der Waals surface area contributed by atoms with Crippen molar-refractivity contribution in [1.82, 2.24) is 4.98 Å². The third kappa shape index (κ3) is 8.74. The molecule has 1 aliphatic carbocycles. The molecule has 0 bridgehead atoms. The number of unbranched alkanes of at least 4 members (excludes halogenated alkanes) is 3. The third-order valence-electron chi connectivity index (χ3n) is 7.67. The van der Waals surface area contributed by atoms with Crippen LogP contribution >= 0.6 is 11.6 Å². The quantitative estimate of drug-likeness (QED) is 0.113. The maximum atomic E-state index is 13.3. The topological polar surface area (TPSA) is 139 Å². The number of rotatable bonds is 15. The van der Waals surface area contributed by atoms with Gasteiger partial charge >= 0.3 is 18.9 Å². The van der Waals surface area contributed by atoms with Crippen molar-refractivity contribution in [2.24, 2.45) is 5.41 Å². The summed E-state index contributed by atoms with van der Waals surface area (Å²) in [5, 5.41) is 16.8. The van der Waals surface area contributed by atoms with E-state index in [2.05, 4.69) is 15.6 Å². The van der Waals surface area contributed by atoms with E-state index in [4.69, 9.17) is 25.8 Å². The standard InChI is InChI=1S/C34H33ClFN3O7.Li/c1-44-28-19-23-25(20-29(28)45-18-5-3-2-4-9-30(40)41)37-17-14-26(23)46-27-8-6-7-24(31(27)35)39-33(43)34(15-16-34)32(42)38-22-12-10-21(36)11-13-22;/h6-8,10-14,17,19-20H,2-5,9,15-16,18H2,1H3,(H,38,42)(H,39,43)(H,40,41);/q;+1/p-1. The molecule has 10 nitrogen and oxygen atoms in total. The Kier molecular flexibility index (Phi) is 12.1. The van der Waals surface area contributed by atoms with Gasteiger partial charge in [-0.2, -0.15) is 0 Å². The predicted octanol–water partition coefficient (Wildman–Crippen LogP) is 3.27. The molecule has 1 aromatic heterocycles. The number of hydrogen-bond donors (Lipinski definition) is 2. The van der Waals surface area contributed by atoms with E-state index < -0.39 is 29.0 Å². The number of methoxy groups -OCH3 is 1. The van der Waals surface area contributed by atoms with Crippen LogP contribution in [0.1, 0.15) is 44.9 Å². The van der Waals surface area contributed by atoms with E-state index in [0.29, 0.717) is 59.7 Å². The molecule has 47 heavy (non-hydrogen) atoms. The minimum atomic E-state index is -1.26. The first-order chi connectivity index (χ1) is 22.2. The molecule has 3 aromatic carbocycles. The summed E-state index contributed by atoms with van der Waals surface area (Å²) in [5.41, 5.74) is -0.00609. The number of nitrogens with zero attached hydrogens (tertiary/aromatic N) is 1. The number of aliphatic carboxylic acids is 1. The Bertz CT molecular complexity index is 1750. The maximum Gasteiger partial charge on any atom is 1.00 e. The first kappa shape index (κ1) is 35.5. The molecular formula is C34H32ClFLiN3O7. The number of aromatic nitrogens is 1. The van der Waals surface area contributed by atoms with Crippen LogP contribution in [-0.4, -0.2) is 36.5 Å². The summed E-state index contributed by atoms with van der Waals surface area (Å²) in [7, 11) is 1.53. The second-order valence-corrected chi connectivity index (χ2v) is 11.3. The van der Waals surface area contributed by atoms with Crippen molar-refractivity contribution in [3.8, 4) is 23.0 Å². The molecule has 0 spiro atoms. The van der Waals surface area contributed by atoms with Gasteiger partial charge in [0.2, 0.25) is 11.8 Å². The van der Waals surface area contributed by atoms with Crippen LogP contribution in [0.25, 0.3) is 10.9 Å². The Morgan fingerprint density at radius 2 is 1.64 bits per heavy atom. The normalized spacial score (nSPS) is 12.8. The van der Waals surface area contributed by atoms with Crippen LogP contribution in [0.4, 0.5) is 15.8 Å². The molecule has 1 saturated carbocycles. The minimum Gasteiger partial charge on any atom is -0.550 e. The molecule has 0 saturated heterocycles. The van der Waals surface area contributed by atoms with Crippen molar-refractivity contribution < 1.29 is 57.0 Å². The second kappa shape index (κ2) is 16.0. The van der Waals surface area contributed by atoms with Crippen LogP contribution in [0.5, 0.6) is 23.0 Å². The van der Waals surface area contributed by atoms with E-state index in [0.717, 1.165) is 19.3 Å². The molecule has 1 aliphatic rings. The molecule has 2 amide bonds. The van der Waals surface area contributed by atoms with E-state index in [1.807, 2.05) is 0 Å². The van der Waals surface area contributed by atoms with Gasteiger partial charge in [-0.3, -0.25) is 14.6 Å². The Balaban J connectivity index is 0.00000500. The van der Waals surface area contributed by atoms with Crippen molar-refractivity contribution in [1.29, 1.82) is 0 Å². The Morgan fingerprint density at radius 3 is 2.34 bits per heavy atom. The van der Waals surface area contributed by atoms with Crippen LogP contribution in [0.3, 0.4) is 0 Å². The van der Waals surface area contributed by atoms with Gasteiger partial charge in [-0.1, -0.05) is 30.5 Å². The van der Waals surface area contributed by atoms with Gasteiger partial charge in [0.05, 0.1) is 24.9 Å². The zero-order valence-electron chi connectivity index (χ0n) is 26.1. The summed E-state index contributed by atoms with van der Waals surface area (Å²) in [6, 6.07) is 15.4. The SMILES string of the molecule is COc1cc2c(Oc3cccc(NC(=O)C4(C(=O)Nc5ccc(F)cc5)CC4)c3Cl)ccnc2cc1OCCCCCCC(=O)[O-].[Li+]. The smallest absolute Gasteiger partial charge is 0.550 e. The van der Waals surface area contributed by atoms with Gasteiger partial charge in [-0.25, -0.2) is 4.39 Å². The number of benzene rings is 3. The fraction of sp³-hybridized carbons (Fsp3) is 0.294. The summed E-state index contributed by atoms with van der Waals surface area (Å²) in [4.78, 5) is 41.2. The Morgan fingerprint density at radius 1 is 0.915 bits per heavy atom. The molecule has 0 unspecified atom stereocenters. The Labute approximate surface area is 288 Å². The molecule has 0 radical (unpaired) electrons. The number of halogens is 2. The minimum absolute atomic E-state index is 0. The average Bonchev–Trinajstić information content (AvgIpc) is 3.86. The first-order valence-corrected chi connectivity index (χ1v) is 15.2. The van der Waals surface area contributed by atoms with Gasteiger partial charge in [0.25, 0.3) is 0 Å². The molecule has 1 fully saturated rings. The second-order valence-electron chi connectivity index (χ2n) is 10.9. The molecule has 0 atom stereocenters. The molecule has 4 aromatic rings. The third-order valence-corrected chi connectivity index (χ3v) is 8.06. The number of nitrogens with one attached hydrogen (secondary N) is 2. The number of hydrogen-bond acceptors (Lipinski definition) is 8.